The highest BCUT2D eigenvalue weighted by Gasteiger charge is 2.46. The van der Waals surface area contributed by atoms with Crippen molar-refractivity contribution in [2.24, 2.45) is 14.1 Å². The van der Waals surface area contributed by atoms with Crippen LogP contribution < -0.4 is 30.9 Å². The number of imidazole rings is 2. The summed E-state index contributed by atoms with van der Waals surface area (Å²) in [7, 11) is 6.06. The number of rotatable bonds is 12. The van der Waals surface area contributed by atoms with Gasteiger partial charge in [0.05, 0.1) is 53.2 Å². The number of pyridine rings is 1. The molecule has 21 heteroatoms. The lowest BCUT2D eigenvalue weighted by atomic mass is 10.0. The molecule has 0 radical (unpaired) electrons. The predicted molar refractivity (Wildman–Crippen MR) is 253 cm³/mol. The molecule has 3 aliphatic rings. The molecular formula is C48H46Cl2N10O9. The van der Waals surface area contributed by atoms with Gasteiger partial charge in [0.25, 0.3) is 11.5 Å². The fourth-order valence-electron chi connectivity index (χ4n) is 9.35. The van der Waals surface area contributed by atoms with Crippen molar-refractivity contribution in [3.8, 4) is 35.1 Å². The molecule has 0 aliphatic carbocycles. The number of carbonyl (C=O) groups excluding carboxylic acids is 4. The Morgan fingerprint density at radius 1 is 0.942 bits per heavy atom. The first-order valence-corrected chi connectivity index (χ1v) is 23.0. The fourth-order valence-corrected chi connectivity index (χ4v) is 9.72. The molecule has 0 spiro atoms. The minimum Gasteiger partial charge on any atom is -0.480 e. The van der Waals surface area contributed by atoms with Crippen molar-refractivity contribution in [3.63, 3.8) is 0 Å². The summed E-state index contributed by atoms with van der Waals surface area (Å²) in [5, 5.41) is 3.06. The third-order valence-electron chi connectivity index (χ3n) is 12.7. The molecule has 0 bridgehead atoms. The molecule has 2 saturated heterocycles. The van der Waals surface area contributed by atoms with Gasteiger partial charge < -0.3 is 28.2 Å². The standard InChI is InChI=1S/C48H46Cl2N10O9/c1-55-26-30(50)24-35(45(55)64)60-40(28-12-14-29(49)15-13-28)41-38(46(60)65)53-42(32-25-51-47(68-4)54-44(32)67-3)58(41)20-6-11-37(62)57-21-18-31(19-22-57)69-23-7-9-27-8-5-10-33-39(27)56(2)48(66)59(33)34-16-17-36(61)52-43(34)63/h5,8,10,12-15,24-26,31,34,40H,6,11,16-23H2,1-4H3,(H,52,61,63)/t34?,40-/m0/s1. The molecular weight excluding hydrogens is 931 g/mol. The molecule has 4 aromatic heterocycles. The van der Waals surface area contributed by atoms with Crippen LogP contribution in [0.3, 0.4) is 0 Å². The van der Waals surface area contributed by atoms with Gasteiger partial charge in [-0.05, 0) is 61.6 Å². The number of anilines is 1. The Balaban J connectivity index is 0.902. The number of imide groups is 1. The predicted octanol–water partition coefficient (Wildman–Crippen LogP) is 4.58. The van der Waals surface area contributed by atoms with Crippen LogP contribution in [0.15, 0.2) is 70.5 Å². The van der Waals surface area contributed by atoms with Crippen molar-refractivity contribution in [1.29, 1.82) is 0 Å². The summed E-state index contributed by atoms with van der Waals surface area (Å²) in [6.45, 7) is 1.32. The van der Waals surface area contributed by atoms with E-state index < -0.39 is 29.5 Å². The molecule has 2 atom stereocenters. The number of likely N-dealkylation sites (tertiary alicyclic amines) is 1. The Morgan fingerprint density at radius 3 is 2.43 bits per heavy atom. The number of methoxy groups -OCH3 is 2. The van der Waals surface area contributed by atoms with E-state index in [1.54, 1.807) is 56.6 Å². The first-order valence-electron chi connectivity index (χ1n) is 22.2. The van der Waals surface area contributed by atoms with Gasteiger partial charge in [-0.2, -0.15) is 4.98 Å². The van der Waals surface area contributed by atoms with E-state index in [1.165, 1.54) is 51.3 Å². The number of aryl methyl sites for hydroxylation is 2. The van der Waals surface area contributed by atoms with E-state index in [0.29, 0.717) is 76.6 Å². The van der Waals surface area contributed by atoms with E-state index in [2.05, 4.69) is 27.1 Å². The molecule has 19 nitrogen and oxygen atoms in total. The van der Waals surface area contributed by atoms with Crippen LogP contribution in [0.4, 0.5) is 5.69 Å². The van der Waals surface area contributed by atoms with Gasteiger partial charge in [-0.15, -0.1) is 0 Å². The molecule has 2 aromatic carbocycles. The Morgan fingerprint density at radius 2 is 1.71 bits per heavy atom. The summed E-state index contributed by atoms with van der Waals surface area (Å²) in [4.78, 5) is 96.6. The third kappa shape index (κ3) is 8.86. The van der Waals surface area contributed by atoms with E-state index in [-0.39, 0.29) is 84.3 Å². The second-order valence-corrected chi connectivity index (χ2v) is 17.7. The van der Waals surface area contributed by atoms with Crippen LogP contribution in [0.25, 0.3) is 22.4 Å². The SMILES string of the molecule is COc1ncc(-c2nc3c(n2CCCC(=O)N2CCC(OCC#Cc4cccc5c4n(C)c(=O)n5C4CCC(=O)NC4=O)CC2)[C@H](c2ccc(Cl)cc2)N(c2cc(Cl)cn(C)c2=O)C3=O)c(OC)n1. The zero-order valence-corrected chi connectivity index (χ0v) is 39.5. The van der Waals surface area contributed by atoms with Gasteiger partial charge in [0, 0.05) is 64.0 Å². The average molecular weight is 978 g/mol. The number of nitrogens with one attached hydrogen (secondary N) is 1. The van der Waals surface area contributed by atoms with Crippen molar-refractivity contribution >= 4 is 63.6 Å². The number of aromatic nitrogens is 7. The number of piperidine rings is 2. The molecule has 3 aliphatic heterocycles. The highest BCUT2D eigenvalue weighted by Crippen LogP contribution is 2.44. The number of hydrogen-bond acceptors (Lipinski definition) is 12. The third-order valence-corrected chi connectivity index (χ3v) is 13.1. The van der Waals surface area contributed by atoms with Gasteiger partial charge in [0.1, 0.15) is 30.2 Å². The molecule has 0 saturated carbocycles. The molecule has 7 heterocycles. The molecule has 2 fully saturated rings. The first-order chi connectivity index (χ1) is 33.3. The zero-order chi connectivity index (χ0) is 48.7. The maximum atomic E-state index is 14.6. The highest BCUT2D eigenvalue weighted by molar-refractivity contribution is 6.31. The van der Waals surface area contributed by atoms with E-state index in [0.717, 1.165) is 0 Å². The zero-order valence-electron chi connectivity index (χ0n) is 38.0. The molecule has 1 unspecified atom stereocenters. The van der Waals surface area contributed by atoms with Crippen molar-refractivity contribution < 1.29 is 33.4 Å². The number of benzene rings is 2. The molecule has 356 valence electrons. The number of halogens is 2. The summed E-state index contributed by atoms with van der Waals surface area (Å²) >= 11 is 12.8. The highest BCUT2D eigenvalue weighted by atomic mass is 35.5. The lowest BCUT2D eigenvalue weighted by Gasteiger charge is -2.31. The Bertz CT molecular complexity index is 3230. The normalized spacial score (nSPS) is 17.2. The minimum absolute atomic E-state index is 0.0470. The fraction of sp³-hybridized carbons (Fsp3) is 0.354. The molecule has 69 heavy (non-hydrogen) atoms. The van der Waals surface area contributed by atoms with Gasteiger partial charge in [-0.1, -0.05) is 53.2 Å². The average Bonchev–Trinajstić information content (AvgIpc) is 3.94. The molecule has 9 rings (SSSR count). The van der Waals surface area contributed by atoms with Crippen molar-refractivity contribution in [1.82, 2.24) is 43.4 Å². The Hall–Kier alpha value is -7.27. The van der Waals surface area contributed by atoms with Gasteiger partial charge >= 0.3 is 11.7 Å². The van der Waals surface area contributed by atoms with E-state index in [9.17, 15) is 28.8 Å². The first kappa shape index (κ1) is 46.8. The summed E-state index contributed by atoms with van der Waals surface area (Å²) in [6, 6.07) is 12.2. The summed E-state index contributed by atoms with van der Waals surface area (Å²) in [5.74, 6) is 5.23. The number of ether oxygens (including phenoxy) is 3. The van der Waals surface area contributed by atoms with Crippen LogP contribution in [-0.2, 0) is 39.8 Å². The number of carbonyl (C=O) groups is 4. The van der Waals surface area contributed by atoms with Crippen molar-refractivity contribution in [2.75, 3.05) is 38.8 Å². The van der Waals surface area contributed by atoms with Gasteiger partial charge in [0.2, 0.25) is 23.6 Å². The monoisotopic (exact) mass is 976 g/mol. The topological polar surface area (TPSA) is 207 Å². The minimum atomic E-state index is -0.851. The van der Waals surface area contributed by atoms with E-state index >= 15 is 0 Å². The summed E-state index contributed by atoms with van der Waals surface area (Å²) < 4.78 is 23.1. The Labute approximate surface area is 404 Å². The maximum Gasteiger partial charge on any atom is 0.329 e. The maximum absolute atomic E-state index is 14.6. The number of para-hydroxylation sites is 1. The van der Waals surface area contributed by atoms with Crippen LogP contribution in [-0.4, -0.2) is 102 Å². The van der Waals surface area contributed by atoms with Crippen LogP contribution >= 0.6 is 23.2 Å². The van der Waals surface area contributed by atoms with E-state index in [4.69, 9.17) is 42.4 Å². The van der Waals surface area contributed by atoms with Crippen LogP contribution in [0.5, 0.6) is 11.9 Å². The lowest BCUT2D eigenvalue weighted by Crippen LogP contribution is -2.44. The van der Waals surface area contributed by atoms with Crippen LogP contribution in [0.2, 0.25) is 10.0 Å². The molecule has 6 aromatic rings. The van der Waals surface area contributed by atoms with Gasteiger partial charge in [-0.3, -0.25) is 43.3 Å². The second-order valence-electron chi connectivity index (χ2n) is 16.8. The van der Waals surface area contributed by atoms with Crippen LogP contribution in [0.1, 0.15) is 77.9 Å². The number of nitrogens with zero attached hydrogens (tertiary/aromatic N) is 9. The Kier molecular flexibility index (Phi) is 13.2. The molecule has 4 amide bonds. The summed E-state index contributed by atoms with van der Waals surface area (Å²) in [5.41, 5.74) is 2.58. The smallest absolute Gasteiger partial charge is 0.329 e. The number of amides is 4. The quantitative estimate of drug-likeness (QED) is 0.132. The van der Waals surface area contributed by atoms with Crippen LogP contribution in [0, 0.1) is 11.8 Å². The molecule has 1 N–H and O–H groups in total. The van der Waals surface area contributed by atoms with Gasteiger partial charge in [0.15, 0.2) is 5.69 Å². The largest absolute Gasteiger partial charge is 0.480 e. The second kappa shape index (κ2) is 19.4. The van der Waals surface area contributed by atoms with Gasteiger partial charge in [-0.25, -0.2) is 14.8 Å². The lowest BCUT2D eigenvalue weighted by molar-refractivity contribution is -0.136. The van der Waals surface area contributed by atoms with E-state index in [1.807, 2.05) is 9.47 Å². The summed E-state index contributed by atoms with van der Waals surface area (Å²) in [6.07, 6.45) is 4.96. The number of fused-ring (bicyclic) bond motifs is 2. The van der Waals surface area contributed by atoms with Crippen molar-refractivity contribution in [3.05, 3.63) is 114 Å². The van der Waals surface area contributed by atoms with Crippen molar-refractivity contribution in [2.45, 2.75) is 63.3 Å². The number of hydrogen-bond donors (Lipinski definition) is 1.